The summed E-state index contributed by atoms with van der Waals surface area (Å²) in [5.41, 5.74) is 1.08. The van der Waals surface area contributed by atoms with Gasteiger partial charge in [0.15, 0.2) is 5.69 Å². The van der Waals surface area contributed by atoms with Crippen molar-refractivity contribution >= 4 is 18.3 Å². The lowest BCUT2D eigenvalue weighted by Gasteiger charge is -2.30. The number of piperidine rings is 1. The summed E-state index contributed by atoms with van der Waals surface area (Å²) in [7, 11) is 0. The lowest BCUT2D eigenvalue weighted by Crippen LogP contribution is -2.52. The SMILES string of the molecule is CC1NCCCC1NC(=O)c1ccn(-c2ccc(F)cc2)n1.Cl. The molecule has 23 heavy (non-hydrogen) atoms. The molecule has 1 amide bonds. The van der Waals surface area contributed by atoms with Crippen LogP contribution in [0.15, 0.2) is 36.5 Å². The Morgan fingerprint density at radius 1 is 1.35 bits per heavy atom. The van der Waals surface area contributed by atoms with E-state index in [9.17, 15) is 9.18 Å². The fourth-order valence-electron chi connectivity index (χ4n) is 2.67. The number of hydrogen-bond donors (Lipinski definition) is 2. The number of halogens is 2. The van der Waals surface area contributed by atoms with Crippen LogP contribution in [0.4, 0.5) is 4.39 Å². The number of nitrogens with zero attached hydrogens (tertiary/aromatic N) is 2. The highest BCUT2D eigenvalue weighted by Gasteiger charge is 2.23. The molecule has 3 rings (SSSR count). The van der Waals surface area contributed by atoms with Gasteiger partial charge in [-0.25, -0.2) is 9.07 Å². The van der Waals surface area contributed by atoms with Crippen molar-refractivity contribution in [2.24, 2.45) is 0 Å². The Bertz CT molecular complexity index is 658. The molecule has 1 fully saturated rings. The van der Waals surface area contributed by atoms with Crippen molar-refractivity contribution in [2.45, 2.75) is 31.8 Å². The van der Waals surface area contributed by atoms with Gasteiger partial charge in [-0.2, -0.15) is 5.10 Å². The van der Waals surface area contributed by atoms with Crippen molar-refractivity contribution in [1.29, 1.82) is 0 Å². The van der Waals surface area contributed by atoms with Gasteiger partial charge in [0, 0.05) is 18.3 Å². The molecule has 1 aliphatic heterocycles. The number of aromatic nitrogens is 2. The molecule has 2 N–H and O–H groups in total. The molecule has 5 nitrogen and oxygen atoms in total. The lowest BCUT2D eigenvalue weighted by atomic mass is 10.00. The van der Waals surface area contributed by atoms with E-state index in [0.29, 0.717) is 11.4 Å². The van der Waals surface area contributed by atoms with Crippen molar-refractivity contribution in [2.75, 3.05) is 6.54 Å². The van der Waals surface area contributed by atoms with Crippen molar-refractivity contribution in [3.8, 4) is 5.69 Å². The Morgan fingerprint density at radius 2 is 2.09 bits per heavy atom. The van der Waals surface area contributed by atoms with E-state index in [1.807, 2.05) is 0 Å². The van der Waals surface area contributed by atoms with Crippen LogP contribution in [-0.4, -0.2) is 34.3 Å². The average molecular weight is 339 g/mol. The summed E-state index contributed by atoms with van der Waals surface area (Å²) < 4.78 is 14.5. The predicted molar refractivity (Wildman–Crippen MR) is 88.7 cm³/mol. The molecule has 0 aliphatic carbocycles. The molecule has 1 aromatic carbocycles. The Hall–Kier alpha value is -1.92. The summed E-state index contributed by atoms with van der Waals surface area (Å²) in [4.78, 5) is 12.3. The second-order valence-corrected chi connectivity index (χ2v) is 5.59. The van der Waals surface area contributed by atoms with Gasteiger partial charge in [0.05, 0.1) is 5.69 Å². The van der Waals surface area contributed by atoms with Gasteiger partial charge in [-0.15, -0.1) is 12.4 Å². The average Bonchev–Trinajstić information content (AvgIpc) is 3.00. The molecule has 2 aromatic rings. The van der Waals surface area contributed by atoms with Crippen molar-refractivity contribution < 1.29 is 9.18 Å². The zero-order valence-electron chi connectivity index (χ0n) is 12.8. The summed E-state index contributed by atoms with van der Waals surface area (Å²) in [5, 5.41) is 10.6. The van der Waals surface area contributed by atoms with E-state index >= 15 is 0 Å². The number of nitrogens with one attached hydrogen (secondary N) is 2. The molecular weight excluding hydrogens is 319 g/mol. The van der Waals surface area contributed by atoms with Crippen LogP contribution in [0, 0.1) is 5.82 Å². The van der Waals surface area contributed by atoms with Crippen LogP contribution in [0.1, 0.15) is 30.3 Å². The smallest absolute Gasteiger partial charge is 0.272 e. The Kier molecular flexibility index (Phi) is 5.74. The van der Waals surface area contributed by atoms with Gasteiger partial charge >= 0.3 is 0 Å². The highest BCUT2D eigenvalue weighted by Crippen LogP contribution is 2.11. The standard InChI is InChI=1S/C16H19FN4O.ClH/c1-11-14(3-2-9-18-11)19-16(22)15-8-10-21(20-15)13-6-4-12(17)5-7-13;/h4-8,10-11,14,18H,2-3,9H2,1H3,(H,19,22);1H. The van der Waals surface area contributed by atoms with Gasteiger partial charge in [0.1, 0.15) is 5.82 Å². The van der Waals surface area contributed by atoms with Crippen LogP contribution in [0.5, 0.6) is 0 Å². The first kappa shape index (κ1) is 17.4. The molecular formula is C16H20ClFN4O. The molecule has 1 aromatic heterocycles. The van der Waals surface area contributed by atoms with Gasteiger partial charge in [0.2, 0.25) is 0 Å². The van der Waals surface area contributed by atoms with E-state index < -0.39 is 0 Å². The zero-order valence-corrected chi connectivity index (χ0v) is 13.6. The molecule has 124 valence electrons. The molecule has 2 unspecified atom stereocenters. The lowest BCUT2D eigenvalue weighted by molar-refractivity contribution is 0.0914. The van der Waals surface area contributed by atoms with Crippen molar-refractivity contribution in [1.82, 2.24) is 20.4 Å². The predicted octanol–water partition coefficient (Wildman–Crippen LogP) is 2.30. The summed E-state index contributed by atoms with van der Waals surface area (Å²) in [6.07, 6.45) is 3.72. The molecule has 0 radical (unpaired) electrons. The van der Waals surface area contributed by atoms with Gasteiger partial charge in [-0.1, -0.05) is 0 Å². The summed E-state index contributed by atoms with van der Waals surface area (Å²) >= 11 is 0. The van der Waals surface area contributed by atoms with Crippen molar-refractivity contribution in [3.63, 3.8) is 0 Å². The van der Waals surface area contributed by atoms with Crippen LogP contribution in [-0.2, 0) is 0 Å². The highest BCUT2D eigenvalue weighted by molar-refractivity contribution is 5.92. The summed E-state index contributed by atoms with van der Waals surface area (Å²) in [6, 6.07) is 8.03. The second-order valence-electron chi connectivity index (χ2n) is 5.59. The van der Waals surface area contributed by atoms with Gasteiger partial charge in [-0.3, -0.25) is 4.79 Å². The van der Waals surface area contributed by atoms with E-state index in [1.54, 1.807) is 29.1 Å². The van der Waals surface area contributed by atoms with Crippen LogP contribution < -0.4 is 10.6 Å². The fraction of sp³-hybridized carbons (Fsp3) is 0.375. The van der Waals surface area contributed by atoms with Gasteiger partial charge in [0.25, 0.3) is 5.91 Å². The minimum atomic E-state index is -0.298. The third-order valence-corrected chi connectivity index (χ3v) is 3.99. The minimum absolute atomic E-state index is 0. The maximum atomic E-state index is 12.9. The first-order chi connectivity index (χ1) is 10.6. The van der Waals surface area contributed by atoms with E-state index in [2.05, 4.69) is 22.7 Å². The largest absolute Gasteiger partial charge is 0.346 e. The zero-order chi connectivity index (χ0) is 15.5. The van der Waals surface area contributed by atoms with Crippen LogP contribution >= 0.6 is 12.4 Å². The van der Waals surface area contributed by atoms with E-state index in [-0.39, 0.29) is 36.2 Å². The molecule has 0 bridgehead atoms. The summed E-state index contributed by atoms with van der Waals surface area (Å²) in [5.74, 6) is -0.478. The van der Waals surface area contributed by atoms with Gasteiger partial charge < -0.3 is 10.6 Å². The fourth-order valence-corrected chi connectivity index (χ4v) is 2.67. The normalized spacial score (nSPS) is 20.6. The molecule has 1 aliphatic rings. The quantitative estimate of drug-likeness (QED) is 0.903. The number of amides is 1. The maximum Gasteiger partial charge on any atom is 0.272 e. The van der Waals surface area contributed by atoms with Crippen LogP contribution in [0.2, 0.25) is 0 Å². The Balaban J connectivity index is 0.00000192. The van der Waals surface area contributed by atoms with Crippen molar-refractivity contribution in [3.05, 3.63) is 48.0 Å². The third-order valence-electron chi connectivity index (χ3n) is 3.99. The van der Waals surface area contributed by atoms with E-state index in [1.165, 1.54) is 12.1 Å². The van der Waals surface area contributed by atoms with E-state index in [0.717, 1.165) is 19.4 Å². The number of hydrogen-bond acceptors (Lipinski definition) is 3. The summed E-state index contributed by atoms with van der Waals surface area (Å²) in [6.45, 7) is 3.06. The number of benzene rings is 1. The first-order valence-corrected chi connectivity index (χ1v) is 7.49. The highest BCUT2D eigenvalue weighted by atomic mass is 35.5. The Morgan fingerprint density at radius 3 is 2.78 bits per heavy atom. The third kappa shape index (κ3) is 4.09. The maximum absolute atomic E-state index is 12.9. The molecule has 2 atom stereocenters. The molecule has 2 heterocycles. The second kappa shape index (κ2) is 7.57. The number of rotatable bonds is 3. The Labute approximate surface area is 140 Å². The minimum Gasteiger partial charge on any atom is -0.346 e. The number of carbonyl (C=O) groups excluding carboxylic acids is 1. The van der Waals surface area contributed by atoms with Crippen LogP contribution in [0.25, 0.3) is 5.69 Å². The van der Waals surface area contributed by atoms with E-state index in [4.69, 9.17) is 0 Å². The first-order valence-electron chi connectivity index (χ1n) is 7.49. The number of carbonyl (C=O) groups is 1. The molecule has 0 spiro atoms. The molecule has 1 saturated heterocycles. The van der Waals surface area contributed by atoms with Gasteiger partial charge in [-0.05, 0) is 56.6 Å². The monoisotopic (exact) mass is 338 g/mol. The topological polar surface area (TPSA) is 58.9 Å². The molecule has 7 heteroatoms. The molecule has 0 saturated carbocycles. The van der Waals surface area contributed by atoms with Crippen LogP contribution in [0.3, 0.4) is 0 Å².